The lowest BCUT2D eigenvalue weighted by Crippen LogP contribution is -2.51. The minimum Gasteiger partial charge on any atom is -0.482 e. The summed E-state index contributed by atoms with van der Waals surface area (Å²) in [6, 6.07) is 13.7. The molecule has 198 valence electrons. The van der Waals surface area contributed by atoms with Crippen molar-refractivity contribution in [3.8, 4) is 11.4 Å². The second kappa shape index (κ2) is 9.93. The molecule has 12 heteroatoms. The largest absolute Gasteiger partial charge is 0.482 e. The van der Waals surface area contributed by atoms with E-state index in [0.717, 1.165) is 5.69 Å². The van der Waals surface area contributed by atoms with Gasteiger partial charge < -0.3 is 4.74 Å². The molecule has 38 heavy (non-hydrogen) atoms. The lowest BCUT2D eigenvalue weighted by atomic mass is 10.2. The third-order valence-electron chi connectivity index (χ3n) is 6.70. The maximum Gasteiger partial charge on any atom is 0.275 e. The van der Waals surface area contributed by atoms with Crippen LogP contribution in [0.1, 0.15) is 29.4 Å². The molecule has 0 bridgehead atoms. The van der Waals surface area contributed by atoms with Gasteiger partial charge in [-0.25, -0.2) is 23.1 Å². The van der Waals surface area contributed by atoms with Gasteiger partial charge in [-0.1, -0.05) is 25.1 Å². The van der Waals surface area contributed by atoms with E-state index in [1.807, 2.05) is 30.3 Å². The van der Waals surface area contributed by atoms with Gasteiger partial charge in [0.25, 0.3) is 17.7 Å². The summed E-state index contributed by atoms with van der Waals surface area (Å²) in [7, 11) is -3.54. The Balaban J connectivity index is 1.38. The van der Waals surface area contributed by atoms with Crippen molar-refractivity contribution >= 4 is 33.2 Å². The normalized spacial score (nSPS) is 15.4. The molecule has 2 aromatic carbocycles. The standard InChI is InChI=1S/C26H27N5O6S/c1-3-38(35,36)20-10-11-23-22(14-20)28(25(33)17-37-23)16-24(32)29-12-7-13-30(29)26(34)21-15-27-31(18(21)2)19-8-5-4-6-9-19/h4-6,8-11,14-15H,3,7,12-13,16-17H2,1-2H3. The summed E-state index contributed by atoms with van der Waals surface area (Å²) in [6.45, 7) is 3.33. The number of hydrogen-bond donors (Lipinski definition) is 0. The van der Waals surface area contributed by atoms with Crippen molar-refractivity contribution in [2.24, 2.45) is 0 Å². The van der Waals surface area contributed by atoms with Crippen LogP contribution in [0.4, 0.5) is 5.69 Å². The Morgan fingerprint density at radius 1 is 1.05 bits per heavy atom. The van der Waals surface area contributed by atoms with Crippen molar-refractivity contribution < 1.29 is 27.5 Å². The molecule has 11 nitrogen and oxygen atoms in total. The smallest absolute Gasteiger partial charge is 0.275 e. The molecular formula is C26H27N5O6S. The molecule has 0 radical (unpaired) electrons. The van der Waals surface area contributed by atoms with Crippen LogP contribution in [0.25, 0.3) is 5.69 Å². The number of hydrazine groups is 1. The van der Waals surface area contributed by atoms with Crippen LogP contribution in [-0.2, 0) is 19.4 Å². The average Bonchev–Trinajstić information content (AvgIpc) is 3.57. The van der Waals surface area contributed by atoms with Gasteiger partial charge in [-0.05, 0) is 43.7 Å². The Morgan fingerprint density at radius 3 is 2.53 bits per heavy atom. The number of carbonyl (C=O) groups excluding carboxylic acids is 3. The lowest BCUT2D eigenvalue weighted by Gasteiger charge is -2.33. The molecule has 1 fully saturated rings. The molecule has 2 aliphatic heterocycles. The van der Waals surface area contributed by atoms with Gasteiger partial charge in [-0.3, -0.25) is 19.3 Å². The number of para-hydroxylation sites is 1. The first-order valence-electron chi connectivity index (χ1n) is 12.2. The first-order chi connectivity index (χ1) is 18.2. The van der Waals surface area contributed by atoms with Gasteiger partial charge >= 0.3 is 0 Å². The molecule has 3 heterocycles. The van der Waals surface area contributed by atoms with E-state index < -0.39 is 21.7 Å². The van der Waals surface area contributed by atoms with Gasteiger partial charge in [0.1, 0.15) is 12.3 Å². The zero-order valence-corrected chi connectivity index (χ0v) is 21.8. The summed E-state index contributed by atoms with van der Waals surface area (Å²) in [6.07, 6.45) is 2.07. The van der Waals surface area contributed by atoms with E-state index in [0.29, 0.717) is 36.5 Å². The summed E-state index contributed by atoms with van der Waals surface area (Å²) < 4.78 is 31.9. The first kappa shape index (κ1) is 25.5. The van der Waals surface area contributed by atoms with Gasteiger partial charge in [-0.2, -0.15) is 5.10 Å². The molecule has 0 atom stereocenters. The van der Waals surface area contributed by atoms with Gasteiger partial charge in [0.05, 0.1) is 39.5 Å². The monoisotopic (exact) mass is 537 g/mol. The SMILES string of the molecule is CCS(=O)(=O)c1ccc2c(c1)N(CC(=O)N1CCCN1C(=O)c1cnn(-c3ccccc3)c1C)C(=O)CO2. The van der Waals surface area contributed by atoms with Crippen molar-refractivity contribution in [3.05, 3.63) is 66.0 Å². The minimum atomic E-state index is -3.54. The number of sulfone groups is 1. The highest BCUT2D eigenvalue weighted by molar-refractivity contribution is 7.91. The predicted octanol–water partition coefficient (Wildman–Crippen LogP) is 1.99. The molecule has 0 aliphatic carbocycles. The zero-order valence-electron chi connectivity index (χ0n) is 21.0. The summed E-state index contributed by atoms with van der Waals surface area (Å²) in [4.78, 5) is 40.9. The Bertz CT molecular complexity index is 1520. The first-order valence-corrected chi connectivity index (χ1v) is 13.9. The van der Waals surface area contributed by atoms with Crippen LogP contribution in [0.15, 0.2) is 59.6 Å². The molecular weight excluding hydrogens is 510 g/mol. The fraction of sp³-hybridized carbons (Fsp3) is 0.308. The van der Waals surface area contributed by atoms with E-state index in [-0.39, 0.29) is 35.4 Å². The van der Waals surface area contributed by atoms with Gasteiger partial charge in [0.2, 0.25) is 0 Å². The van der Waals surface area contributed by atoms with Crippen molar-refractivity contribution in [2.75, 3.05) is 36.9 Å². The average molecular weight is 538 g/mol. The maximum atomic E-state index is 13.5. The van der Waals surface area contributed by atoms with E-state index in [9.17, 15) is 22.8 Å². The third-order valence-corrected chi connectivity index (χ3v) is 8.43. The van der Waals surface area contributed by atoms with Crippen LogP contribution in [-0.4, -0.2) is 77.9 Å². The number of ether oxygens (including phenoxy) is 1. The molecule has 2 aliphatic rings. The van der Waals surface area contributed by atoms with E-state index in [2.05, 4.69) is 5.10 Å². The molecule has 3 amide bonds. The summed E-state index contributed by atoms with van der Waals surface area (Å²) in [5.74, 6) is -1.10. The Hall–Kier alpha value is -4.19. The van der Waals surface area contributed by atoms with Crippen molar-refractivity contribution in [3.63, 3.8) is 0 Å². The molecule has 0 unspecified atom stereocenters. The molecule has 0 N–H and O–H groups in total. The third kappa shape index (κ3) is 4.51. The van der Waals surface area contributed by atoms with Crippen molar-refractivity contribution in [2.45, 2.75) is 25.2 Å². The quantitative estimate of drug-likeness (QED) is 0.471. The Kier molecular flexibility index (Phi) is 6.66. The van der Waals surface area contributed by atoms with E-state index in [1.54, 1.807) is 11.6 Å². The molecule has 3 aromatic rings. The summed E-state index contributed by atoms with van der Waals surface area (Å²) in [5.41, 5.74) is 2.03. The zero-order chi connectivity index (χ0) is 27.0. The number of aromatic nitrogens is 2. The second-order valence-corrected chi connectivity index (χ2v) is 11.3. The highest BCUT2D eigenvalue weighted by atomic mass is 32.2. The second-order valence-electron chi connectivity index (χ2n) is 8.99. The molecule has 0 saturated carbocycles. The van der Waals surface area contributed by atoms with Crippen LogP contribution < -0.4 is 9.64 Å². The van der Waals surface area contributed by atoms with Crippen LogP contribution in [0.3, 0.4) is 0 Å². The molecule has 5 rings (SSSR count). The number of anilines is 1. The lowest BCUT2D eigenvalue weighted by molar-refractivity contribution is -0.140. The van der Waals surface area contributed by atoms with Crippen LogP contribution in [0, 0.1) is 6.92 Å². The minimum absolute atomic E-state index is 0.0402. The Labute approximate surface area is 220 Å². The highest BCUT2D eigenvalue weighted by Crippen LogP contribution is 2.34. The number of amides is 3. The number of hydrogen-bond acceptors (Lipinski definition) is 7. The predicted molar refractivity (Wildman–Crippen MR) is 138 cm³/mol. The van der Waals surface area contributed by atoms with Crippen LogP contribution in [0.2, 0.25) is 0 Å². The summed E-state index contributed by atoms with van der Waals surface area (Å²) in [5, 5.41) is 7.09. The van der Waals surface area contributed by atoms with Gasteiger partial charge in [0.15, 0.2) is 16.4 Å². The van der Waals surface area contributed by atoms with Crippen LogP contribution >= 0.6 is 0 Å². The van der Waals surface area contributed by atoms with Crippen molar-refractivity contribution in [1.29, 1.82) is 0 Å². The fourth-order valence-electron chi connectivity index (χ4n) is 4.60. The maximum absolute atomic E-state index is 13.5. The summed E-state index contributed by atoms with van der Waals surface area (Å²) >= 11 is 0. The van der Waals surface area contributed by atoms with E-state index in [1.165, 1.54) is 46.2 Å². The number of rotatable bonds is 6. The molecule has 0 spiro atoms. The highest BCUT2D eigenvalue weighted by Gasteiger charge is 2.36. The van der Waals surface area contributed by atoms with Gasteiger partial charge in [0, 0.05) is 13.1 Å². The number of fused-ring (bicyclic) bond motifs is 1. The molecule has 1 aromatic heterocycles. The Morgan fingerprint density at radius 2 is 1.79 bits per heavy atom. The molecule has 1 saturated heterocycles. The van der Waals surface area contributed by atoms with Crippen LogP contribution in [0.5, 0.6) is 5.75 Å². The van der Waals surface area contributed by atoms with E-state index in [4.69, 9.17) is 4.74 Å². The number of nitrogens with zero attached hydrogens (tertiary/aromatic N) is 5. The number of carbonyl (C=O) groups is 3. The fourth-order valence-corrected chi connectivity index (χ4v) is 5.50. The van der Waals surface area contributed by atoms with Gasteiger partial charge in [-0.15, -0.1) is 0 Å². The topological polar surface area (TPSA) is 122 Å². The van der Waals surface area contributed by atoms with Crippen molar-refractivity contribution in [1.82, 2.24) is 19.8 Å². The number of benzene rings is 2. The van der Waals surface area contributed by atoms with E-state index >= 15 is 0 Å².